The van der Waals surface area contributed by atoms with Gasteiger partial charge in [0.05, 0.1) is 0 Å². The molecule has 0 radical (unpaired) electrons. The van der Waals surface area contributed by atoms with Crippen molar-refractivity contribution in [2.24, 2.45) is 0 Å². The SMILES string of the molecule is O=C(CCl)N1CCN(Cc2cccnc2)CC1. The molecule has 0 spiro atoms. The smallest absolute Gasteiger partial charge is 0.237 e. The Bertz CT molecular complexity index is 363. The first-order valence-electron chi connectivity index (χ1n) is 5.74. The molecule has 1 aromatic rings. The summed E-state index contributed by atoms with van der Waals surface area (Å²) in [5.41, 5.74) is 1.21. The summed E-state index contributed by atoms with van der Waals surface area (Å²) in [5.74, 6) is 0.121. The summed E-state index contributed by atoms with van der Waals surface area (Å²) in [7, 11) is 0. The van der Waals surface area contributed by atoms with Crippen molar-refractivity contribution in [3.8, 4) is 0 Å². The Kier molecular flexibility index (Phi) is 4.34. The molecule has 0 unspecified atom stereocenters. The number of piperazine rings is 1. The van der Waals surface area contributed by atoms with Crippen molar-refractivity contribution in [1.29, 1.82) is 0 Å². The summed E-state index contributed by atoms with van der Waals surface area (Å²) in [5, 5.41) is 0. The Hall–Kier alpha value is -1.13. The van der Waals surface area contributed by atoms with Gasteiger partial charge >= 0.3 is 0 Å². The van der Waals surface area contributed by atoms with Gasteiger partial charge < -0.3 is 4.90 Å². The molecule has 0 saturated carbocycles. The summed E-state index contributed by atoms with van der Waals surface area (Å²) >= 11 is 5.54. The summed E-state index contributed by atoms with van der Waals surface area (Å²) in [6.45, 7) is 4.24. The molecule has 1 amide bonds. The van der Waals surface area contributed by atoms with Gasteiger partial charge in [-0.2, -0.15) is 0 Å². The van der Waals surface area contributed by atoms with E-state index in [1.807, 2.05) is 17.2 Å². The van der Waals surface area contributed by atoms with Gasteiger partial charge in [-0.05, 0) is 11.6 Å². The Balaban J connectivity index is 1.82. The molecule has 1 aromatic heterocycles. The molecule has 1 saturated heterocycles. The van der Waals surface area contributed by atoms with E-state index < -0.39 is 0 Å². The van der Waals surface area contributed by atoms with Crippen LogP contribution in [0.3, 0.4) is 0 Å². The molecule has 0 aromatic carbocycles. The second kappa shape index (κ2) is 5.98. The monoisotopic (exact) mass is 253 g/mol. The van der Waals surface area contributed by atoms with Gasteiger partial charge in [0, 0.05) is 45.1 Å². The molecule has 17 heavy (non-hydrogen) atoms. The summed E-state index contributed by atoms with van der Waals surface area (Å²) in [6, 6.07) is 4.02. The van der Waals surface area contributed by atoms with E-state index in [9.17, 15) is 4.79 Å². The Morgan fingerprint density at radius 2 is 2.12 bits per heavy atom. The van der Waals surface area contributed by atoms with Crippen LogP contribution in [-0.4, -0.2) is 52.8 Å². The lowest BCUT2D eigenvalue weighted by Gasteiger charge is -2.34. The molecule has 0 bridgehead atoms. The van der Waals surface area contributed by atoms with Gasteiger partial charge in [0.15, 0.2) is 0 Å². The summed E-state index contributed by atoms with van der Waals surface area (Å²) in [4.78, 5) is 19.6. The van der Waals surface area contributed by atoms with Crippen molar-refractivity contribution in [1.82, 2.24) is 14.8 Å². The summed E-state index contributed by atoms with van der Waals surface area (Å²) < 4.78 is 0. The number of pyridine rings is 1. The quantitative estimate of drug-likeness (QED) is 0.753. The molecular weight excluding hydrogens is 238 g/mol. The summed E-state index contributed by atoms with van der Waals surface area (Å²) in [6.07, 6.45) is 3.66. The number of carbonyl (C=O) groups excluding carboxylic acids is 1. The van der Waals surface area contributed by atoms with Crippen molar-refractivity contribution in [3.05, 3.63) is 30.1 Å². The lowest BCUT2D eigenvalue weighted by atomic mass is 10.2. The molecule has 92 valence electrons. The van der Waals surface area contributed by atoms with Crippen molar-refractivity contribution in [3.63, 3.8) is 0 Å². The highest BCUT2D eigenvalue weighted by Crippen LogP contribution is 2.07. The molecule has 0 atom stereocenters. The van der Waals surface area contributed by atoms with Gasteiger partial charge in [-0.3, -0.25) is 14.7 Å². The molecule has 1 aliphatic heterocycles. The number of amides is 1. The van der Waals surface area contributed by atoms with Crippen LogP contribution in [0.4, 0.5) is 0 Å². The number of aromatic nitrogens is 1. The molecule has 1 aliphatic rings. The standard InChI is InChI=1S/C12H16ClN3O/c13-8-12(17)16-6-4-15(5-7-16)10-11-2-1-3-14-9-11/h1-3,9H,4-8,10H2. The number of hydrogen-bond acceptors (Lipinski definition) is 3. The number of alkyl halides is 1. The lowest BCUT2D eigenvalue weighted by molar-refractivity contribution is -0.130. The third kappa shape index (κ3) is 3.41. The van der Waals surface area contributed by atoms with Crippen LogP contribution >= 0.6 is 11.6 Å². The van der Waals surface area contributed by atoms with Gasteiger partial charge in [0.25, 0.3) is 0 Å². The van der Waals surface area contributed by atoms with Crippen molar-refractivity contribution in [2.45, 2.75) is 6.54 Å². The van der Waals surface area contributed by atoms with Crippen molar-refractivity contribution < 1.29 is 4.79 Å². The molecule has 0 aliphatic carbocycles. The fourth-order valence-electron chi connectivity index (χ4n) is 1.99. The van der Waals surface area contributed by atoms with Crippen LogP contribution in [0.2, 0.25) is 0 Å². The fourth-order valence-corrected chi connectivity index (χ4v) is 2.16. The molecule has 2 heterocycles. The number of rotatable bonds is 3. The van der Waals surface area contributed by atoms with Crippen LogP contribution in [0.25, 0.3) is 0 Å². The number of nitrogens with zero attached hydrogens (tertiary/aromatic N) is 3. The van der Waals surface area contributed by atoms with Gasteiger partial charge in [-0.1, -0.05) is 6.07 Å². The first kappa shape index (κ1) is 12.3. The van der Waals surface area contributed by atoms with E-state index in [-0.39, 0.29) is 11.8 Å². The Labute approximate surface area is 106 Å². The average Bonchev–Trinajstić information content (AvgIpc) is 2.40. The molecule has 0 N–H and O–H groups in total. The molecule has 1 fully saturated rings. The van der Waals surface area contributed by atoms with E-state index in [0.717, 1.165) is 32.7 Å². The number of hydrogen-bond donors (Lipinski definition) is 0. The first-order valence-corrected chi connectivity index (χ1v) is 6.28. The van der Waals surface area contributed by atoms with E-state index in [0.29, 0.717) is 0 Å². The van der Waals surface area contributed by atoms with Gasteiger partial charge in [-0.15, -0.1) is 11.6 Å². The van der Waals surface area contributed by atoms with Crippen LogP contribution in [0.1, 0.15) is 5.56 Å². The van der Waals surface area contributed by atoms with Gasteiger partial charge in [0.2, 0.25) is 5.91 Å². The highest BCUT2D eigenvalue weighted by molar-refractivity contribution is 6.27. The van der Waals surface area contributed by atoms with E-state index in [4.69, 9.17) is 11.6 Å². The maximum atomic E-state index is 11.4. The van der Waals surface area contributed by atoms with Crippen LogP contribution in [0.5, 0.6) is 0 Å². The first-order chi connectivity index (χ1) is 8.29. The van der Waals surface area contributed by atoms with E-state index >= 15 is 0 Å². The zero-order valence-electron chi connectivity index (χ0n) is 9.68. The largest absolute Gasteiger partial charge is 0.339 e. The average molecular weight is 254 g/mol. The predicted octanol–water partition coefficient (Wildman–Crippen LogP) is 0.965. The Morgan fingerprint density at radius 1 is 1.35 bits per heavy atom. The maximum absolute atomic E-state index is 11.4. The van der Waals surface area contributed by atoms with Crippen molar-refractivity contribution >= 4 is 17.5 Å². The van der Waals surface area contributed by atoms with Crippen LogP contribution in [0, 0.1) is 0 Å². The molecule has 5 heteroatoms. The maximum Gasteiger partial charge on any atom is 0.237 e. The normalized spacial score (nSPS) is 17.1. The van der Waals surface area contributed by atoms with E-state index in [1.54, 1.807) is 6.20 Å². The predicted molar refractivity (Wildman–Crippen MR) is 66.8 cm³/mol. The fraction of sp³-hybridized carbons (Fsp3) is 0.500. The highest BCUT2D eigenvalue weighted by atomic mass is 35.5. The minimum Gasteiger partial charge on any atom is -0.339 e. The van der Waals surface area contributed by atoms with Crippen molar-refractivity contribution in [2.75, 3.05) is 32.1 Å². The minimum atomic E-state index is 0.0349. The zero-order valence-corrected chi connectivity index (χ0v) is 10.4. The van der Waals surface area contributed by atoms with Crippen LogP contribution in [0.15, 0.2) is 24.5 Å². The molecule has 2 rings (SSSR count). The van der Waals surface area contributed by atoms with Crippen LogP contribution < -0.4 is 0 Å². The van der Waals surface area contributed by atoms with Gasteiger partial charge in [0.1, 0.15) is 5.88 Å². The van der Waals surface area contributed by atoms with Gasteiger partial charge in [-0.25, -0.2) is 0 Å². The zero-order chi connectivity index (χ0) is 12.1. The highest BCUT2D eigenvalue weighted by Gasteiger charge is 2.20. The molecule has 4 nitrogen and oxygen atoms in total. The molecular formula is C12H16ClN3O. The van der Waals surface area contributed by atoms with E-state index in [2.05, 4.69) is 16.0 Å². The second-order valence-electron chi connectivity index (χ2n) is 4.15. The third-order valence-corrected chi connectivity index (χ3v) is 3.20. The third-order valence-electron chi connectivity index (χ3n) is 2.97. The minimum absolute atomic E-state index is 0.0349. The number of halogens is 1. The second-order valence-corrected chi connectivity index (χ2v) is 4.42. The van der Waals surface area contributed by atoms with Crippen LogP contribution in [-0.2, 0) is 11.3 Å². The topological polar surface area (TPSA) is 36.4 Å². The Morgan fingerprint density at radius 3 is 2.71 bits per heavy atom. The lowest BCUT2D eigenvalue weighted by Crippen LogP contribution is -2.48. The van der Waals surface area contributed by atoms with E-state index in [1.165, 1.54) is 5.56 Å². The number of carbonyl (C=O) groups is 1.